The maximum absolute atomic E-state index is 13.2. The maximum Gasteiger partial charge on any atom is 0.200 e. The molecule has 2 heterocycles. The Hall–Kier alpha value is -2.95. The minimum atomic E-state index is -0.0547. The van der Waals surface area contributed by atoms with Gasteiger partial charge in [0.2, 0.25) is 5.43 Å². The van der Waals surface area contributed by atoms with Crippen LogP contribution in [0.3, 0.4) is 0 Å². The fraction of sp³-hybridized carbons (Fsp3) is 0.318. The zero-order chi connectivity index (χ0) is 19.0. The largest absolute Gasteiger partial charge is 0.491 e. The van der Waals surface area contributed by atoms with Crippen molar-refractivity contribution in [2.45, 2.75) is 33.3 Å². The van der Waals surface area contributed by atoms with Crippen molar-refractivity contribution >= 4 is 11.0 Å². The number of aryl methyl sites for hydroxylation is 1. The van der Waals surface area contributed by atoms with Gasteiger partial charge in [0, 0.05) is 12.5 Å². The lowest BCUT2D eigenvalue weighted by atomic mass is 10.0. The van der Waals surface area contributed by atoms with Crippen molar-refractivity contribution in [1.29, 1.82) is 0 Å². The van der Waals surface area contributed by atoms with E-state index in [0.717, 1.165) is 5.56 Å². The van der Waals surface area contributed by atoms with Crippen LogP contribution in [-0.2, 0) is 6.42 Å². The first-order chi connectivity index (χ1) is 13.1. The predicted octanol–water partition coefficient (Wildman–Crippen LogP) is 4.58. The van der Waals surface area contributed by atoms with Crippen LogP contribution in [0.2, 0.25) is 0 Å². The molecule has 0 radical (unpaired) electrons. The van der Waals surface area contributed by atoms with Gasteiger partial charge < -0.3 is 18.6 Å². The van der Waals surface area contributed by atoms with Crippen LogP contribution in [0.15, 0.2) is 45.6 Å². The van der Waals surface area contributed by atoms with Gasteiger partial charge in [0.25, 0.3) is 0 Å². The van der Waals surface area contributed by atoms with Crippen molar-refractivity contribution < 1.29 is 18.6 Å². The summed E-state index contributed by atoms with van der Waals surface area (Å²) < 4.78 is 23.1. The molecule has 0 fully saturated rings. The minimum Gasteiger partial charge on any atom is -0.491 e. The molecule has 0 saturated heterocycles. The Morgan fingerprint density at radius 2 is 1.81 bits per heavy atom. The second-order valence-electron chi connectivity index (χ2n) is 6.77. The lowest BCUT2D eigenvalue weighted by Crippen LogP contribution is -2.15. The van der Waals surface area contributed by atoms with Crippen LogP contribution in [0.4, 0.5) is 0 Å². The van der Waals surface area contributed by atoms with Crippen molar-refractivity contribution in [2.24, 2.45) is 0 Å². The molecule has 0 spiro atoms. The zero-order valence-corrected chi connectivity index (χ0v) is 15.7. The highest BCUT2D eigenvalue weighted by Crippen LogP contribution is 2.35. The second kappa shape index (κ2) is 6.99. The third kappa shape index (κ3) is 3.25. The van der Waals surface area contributed by atoms with E-state index in [1.54, 1.807) is 18.2 Å². The van der Waals surface area contributed by atoms with Crippen molar-refractivity contribution in [3.63, 3.8) is 0 Å². The third-order valence-electron chi connectivity index (χ3n) is 4.46. The van der Waals surface area contributed by atoms with Crippen LogP contribution in [0.25, 0.3) is 22.1 Å². The summed E-state index contributed by atoms with van der Waals surface area (Å²) in [7, 11) is 0. The SMILES string of the molecule is CCc1oc2cc(OC(C)C)ccc2c(=O)c1-c1ccc2c(c1)OCCO2. The molecule has 3 aromatic rings. The lowest BCUT2D eigenvalue weighted by Gasteiger charge is -2.19. The van der Waals surface area contributed by atoms with E-state index < -0.39 is 0 Å². The molecule has 0 bridgehead atoms. The van der Waals surface area contributed by atoms with Gasteiger partial charge in [-0.3, -0.25) is 4.79 Å². The molecule has 1 aromatic heterocycles. The molecule has 4 rings (SSSR count). The monoisotopic (exact) mass is 366 g/mol. The van der Waals surface area contributed by atoms with Gasteiger partial charge in [-0.25, -0.2) is 0 Å². The first-order valence-corrected chi connectivity index (χ1v) is 9.23. The maximum atomic E-state index is 13.2. The van der Waals surface area contributed by atoms with E-state index in [1.165, 1.54) is 0 Å². The standard InChI is InChI=1S/C22H22O5/c1-4-17-21(14-5-8-18-20(11-14)25-10-9-24-18)22(23)16-7-6-15(26-13(2)3)12-19(16)27-17/h5-8,11-13H,4,9-10H2,1-3H3. The minimum absolute atomic E-state index is 0.0526. The number of hydrogen-bond donors (Lipinski definition) is 0. The molecule has 0 unspecified atom stereocenters. The van der Waals surface area contributed by atoms with E-state index in [-0.39, 0.29) is 11.5 Å². The van der Waals surface area contributed by atoms with Crippen molar-refractivity contribution in [3.8, 4) is 28.4 Å². The van der Waals surface area contributed by atoms with E-state index in [9.17, 15) is 4.79 Å². The van der Waals surface area contributed by atoms with Crippen molar-refractivity contribution in [1.82, 2.24) is 0 Å². The highest BCUT2D eigenvalue weighted by molar-refractivity contribution is 5.84. The van der Waals surface area contributed by atoms with Crippen LogP contribution < -0.4 is 19.6 Å². The molecule has 2 aromatic carbocycles. The highest BCUT2D eigenvalue weighted by atomic mass is 16.6. The van der Waals surface area contributed by atoms with Gasteiger partial charge in [0.1, 0.15) is 30.3 Å². The number of hydrogen-bond acceptors (Lipinski definition) is 5. The van der Waals surface area contributed by atoms with E-state index in [2.05, 4.69) is 0 Å². The highest BCUT2D eigenvalue weighted by Gasteiger charge is 2.19. The molecule has 27 heavy (non-hydrogen) atoms. The molecule has 5 heteroatoms. The van der Waals surface area contributed by atoms with Gasteiger partial charge in [-0.05, 0) is 43.7 Å². The molecule has 5 nitrogen and oxygen atoms in total. The fourth-order valence-electron chi connectivity index (χ4n) is 3.31. The first-order valence-electron chi connectivity index (χ1n) is 9.23. The van der Waals surface area contributed by atoms with Crippen LogP contribution >= 0.6 is 0 Å². The van der Waals surface area contributed by atoms with Gasteiger partial charge in [-0.15, -0.1) is 0 Å². The van der Waals surface area contributed by atoms with Crippen LogP contribution in [0, 0.1) is 0 Å². The molecule has 1 aliphatic heterocycles. The second-order valence-corrected chi connectivity index (χ2v) is 6.77. The quantitative estimate of drug-likeness (QED) is 0.676. The average Bonchev–Trinajstić information content (AvgIpc) is 2.66. The fourth-order valence-corrected chi connectivity index (χ4v) is 3.31. The summed E-state index contributed by atoms with van der Waals surface area (Å²) in [5.41, 5.74) is 1.82. The molecular weight excluding hydrogens is 344 g/mol. The first kappa shape index (κ1) is 17.5. The van der Waals surface area contributed by atoms with Crippen LogP contribution in [0.1, 0.15) is 26.5 Å². The molecular formula is C22H22O5. The summed E-state index contributed by atoms with van der Waals surface area (Å²) in [6, 6.07) is 10.9. The van der Waals surface area contributed by atoms with E-state index >= 15 is 0 Å². The summed E-state index contributed by atoms with van der Waals surface area (Å²) in [6.07, 6.45) is 0.654. The van der Waals surface area contributed by atoms with Gasteiger partial charge in [-0.2, -0.15) is 0 Å². The molecule has 0 amide bonds. The Bertz CT molecular complexity index is 1050. The van der Waals surface area contributed by atoms with Crippen LogP contribution in [-0.4, -0.2) is 19.3 Å². The predicted molar refractivity (Wildman–Crippen MR) is 104 cm³/mol. The Morgan fingerprint density at radius 1 is 1.04 bits per heavy atom. The molecule has 140 valence electrons. The number of rotatable bonds is 4. The normalized spacial score (nSPS) is 13.2. The number of ether oxygens (including phenoxy) is 3. The molecule has 0 aliphatic carbocycles. The lowest BCUT2D eigenvalue weighted by molar-refractivity contribution is 0.171. The summed E-state index contributed by atoms with van der Waals surface area (Å²) in [6.45, 7) is 6.93. The van der Waals surface area contributed by atoms with Gasteiger partial charge >= 0.3 is 0 Å². The summed E-state index contributed by atoms with van der Waals surface area (Å²) >= 11 is 0. The van der Waals surface area contributed by atoms with Gasteiger partial charge in [0.15, 0.2) is 11.5 Å². The Morgan fingerprint density at radius 3 is 2.56 bits per heavy atom. The summed E-state index contributed by atoms with van der Waals surface area (Å²) in [5.74, 6) is 2.69. The third-order valence-corrected chi connectivity index (χ3v) is 4.46. The van der Waals surface area contributed by atoms with Gasteiger partial charge in [-0.1, -0.05) is 13.0 Å². The van der Waals surface area contributed by atoms with Crippen molar-refractivity contribution in [3.05, 3.63) is 52.4 Å². The Kier molecular flexibility index (Phi) is 4.52. The van der Waals surface area contributed by atoms with E-state index in [1.807, 2.05) is 39.0 Å². The summed E-state index contributed by atoms with van der Waals surface area (Å²) in [5, 5.41) is 0.535. The molecule has 0 N–H and O–H groups in total. The topological polar surface area (TPSA) is 57.9 Å². The summed E-state index contributed by atoms with van der Waals surface area (Å²) in [4.78, 5) is 13.2. The van der Waals surface area contributed by atoms with Gasteiger partial charge in [0.05, 0.1) is 17.1 Å². The number of benzene rings is 2. The van der Waals surface area contributed by atoms with E-state index in [0.29, 0.717) is 59.2 Å². The number of fused-ring (bicyclic) bond motifs is 2. The molecule has 1 aliphatic rings. The Labute approximate surface area is 157 Å². The molecule has 0 atom stereocenters. The van der Waals surface area contributed by atoms with Crippen molar-refractivity contribution in [2.75, 3.05) is 13.2 Å². The zero-order valence-electron chi connectivity index (χ0n) is 15.7. The van der Waals surface area contributed by atoms with E-state index in [4.69, 9.17) is 18.6 Å². The average molecular weight is 366 g/mol. The Balaban J connectivity index is 1.87. The smallest absolute Gasteiger partial charge is 0.200 e. The molecule has 0 saturated carbocycles. The van der Waals surface area contributed by atoms with Crippen LogP contribution in [0.5, 0.6) is 17.2 Å².